The van der Waals surface area contributed by atoms with Crippen LogP contribution in [-0.4, -0.2) is 36.3 Å². The van der Waals surface area contributed by atoms with E-state index in [1.807, 2.05) is 24.3 Å². The van der Waals surface area contributed by atoms with Gasteiger partial charge < -0.3 is 20.5 Å². The molecule has 21 heavy (non-hydrogen) atoms. The van der Waals surface area contributed by atoms with E-state index >= 15 is 0 Å². The summed E-state index contributed by atoms with van der Waals surface area (Å²) in [4.78, 5) is 12.0. The molecule has 1 saturated heterocycles. The SMILES string of the molecule is CCCOCc1ccccc1CNC(=O)C1CC(O)CN1. The fourth-order valence-corrected chi connectivity index (χ4v) is 2.42. The van der Waals surface area contributed by atoms with Crippen molar-refractivity contribution in [1.29, 1.82) is 0 Å². The third-order valence-corrected chi connectivity index (χ3v) is 3.60. The van der Waals surface area contributed by atoms with Gasteiger partial charge in [0, 0.05) is 19.7 Å². The molecule has 0 aliphatic carbocycles. The standard InChI is InChI=1S/C16H24N2O3/c1-2-7-21-11-13-6-4-3-5-12(13)9-18-16(20)15-8-14(19)10-17-15/h3-6,14-15,17,19H,2,7-11H2,1H3,(H,18,20). The molecule has 3 N–H and O–H groups in total. The molecule has 5 nitrogen and oxygen atoms in total. The monoisotopic (exact) mass is 292 g/mol. The Kier molecular flexibility index (Phi) is 6.17. The summed E-state index contributed by atoms with van der Waals surface area (Å²) in [5.74, 6) is -0.0594. The smallest absolute Gasteiger partial charge is 0.237 e. The van der Waals surface area contributed by atoms with Crippen molar-refractivity contribution in [1.82, 2.24) is 10.6 Å². The average Bonchev–Trinajstić information content (AvgIpc) is 2.93. The molecular formula is C16H24N2O3. The number of aliphatic hydroxyl groups excluding tert-OH is 1. The molecule has 0 spiro atoms. The summed E-state index contributed by atoms with van der Waals surface area (Å²) < 4.78 is 5.57. The van der Waals surface area contributed by atoms with Crippen LogP contribution >= 0.6 is 0 Å². The topological polar surface area (TPSA) is 70.6 Å². The number of benzene rings is 1. The Balaban J connectivity index is 1.86. The lowest BCUT2D eigenvalue weighted by atomic mass is 10.1. The summed E-state index contributed by atoms with van der Waals surface area (Å²) in [6.45, 7) is 4.36. The van der Waals surface area contributed by atoms with Gasteiger partial charge in [0.05, 0.1) is 18.8 Å². The van der Waals surface area contributed by atoms with E-state index in [4.69, 9.17) is 4.74 Å². The quantitative estimate of drug-likeness (QED) is 0.655. The molecule has 0 radical (unpaired) electrons. The molecule has 1 aliphatic rings. The van der Waals surface area contributed by atoms with E-state index in [9.17, 15) is 9.90 Å². The third-order valence-electron chi connectivity index (χ3n) is 3.60. The molecule has 0 bridgehead atoms. The van der Waals surface area contributed by atoms with Crippen molar-refractivity contribution in [3.8, 4) is 0 Å². The van der Waals surface area contributed by atoms with Crippen molar-refractivity contribution in [3.63, 3.8) is 0 Å². The molecule has 2 atom stereocenters. The van der Waals surface area contributed by atoms with Gasteiger partial charge in [-0.3, -0.25) is 4.79 Å². The van der Waals surface area contributed by atoms with Gasteiger partial charge in [-0.2, -0.15) is 0 Å². The van der Waals surface area contributed by atoms with Crippen molar-refractivity contribution in [2.24, 2.45) is 0 Å². The largest absolute Gasteiger partial charge is 0.392 e. The maximum atomic E-state index is 12.0. The zero-order valence-corrected chi connectivity index (χ0v) is 12.5. The Labute approximate surface area is 125 Å². The molecule has 1 aromatic rings. The van der Waals surface area contributed by atoms with Gasteiger partial charge in [0.25, 0.3) is 0 Å². The lowest BCUT2D eigenvalue weighted by Crippen LogP contribution is -2.40. The number of hydrogen-bond acceptors (Lipinski definition) is 4. The van der Waals surface area contributed by atoms with Crippen molar-refractivity contribution < 1.29 is 14.6 Å². The lowest BCUT2D eigenvalue weighted by Gasteiger charge is -2.13. The van der Waals surface area contributed by atoms with Crippen LogP contribution in [0.3, 0.4) is 0 Å². The first-order valence-electron chi connectivity index (χ1n) is 7.54. The van der Waals surface area contributed by atoms with Crippen LogP contribution < -0.4 is 10.6 Å². The third kappa shape index (κ3) is 4.81. The van der Waals surface area contributed by atoms with Gasteiger partial charge in [-0.25, -0.2) is 0 Å². The molecule has 0 aromatic heterocycles. The van der Waals surface area contributed by atoms with E-state index in [1.54, 1.807) is 0 Å². The fraction of sp³-hybridized carbons (Fsp3) is 0.562. The number of amides is 1. The second-order valence-corrected chi connectivity index (χ2v) is 5.39. The summed E-state index contributed by atoms with van der Waals surface area (Å²) >= 11 is 0. The van der Waals surface area contributed by atoms with Crippen LogP contribution in [-0.2, 0) is 22.7 Å². The Hall–Kier alpha value is -1.43. The predicted octanol–water partition coefficient (Wildman–Crippen LogP) is 0.952. The second kappa shape index (κ2) is 8.12. The molecule has 5 heteroatoms. The highest BCUT2D eigenvalue weighted by Gasteiger charge is 2.27. The Morgan fingerprint density at radius 3 is 2.86 bits per heavy atom. The molecular weight excluding hydrogens is 268 g/mol. The van der Waals surface area contributed by atoms with Crippen LogP contribution in [0.15, 0.2) is 24.3 Å². The first-order chi connectivity index (χ1) is 10.2. The molecule has 1 aliphatic heterocycles. The number of β-amino-alcohol motifs (C(OH)–C–C–N with tert-alkyl or cyclic N) is 1. The molecule has 1 fully saturated rings. The number of carbonyl (C=O) groups is 1. The molecule has 2 unspecified atom stereocenters. The predicted molar refractivity (Wildman–Crippen MR) is 80.7 cm³/mol. The van der Waals surface area contributed by atoms with Crippen molar-refractivity contribution in [2.75, 3.05) is 13.2 Å². The van der Waals surface area contributed by atoms with E-state index in [2.05, 4.69) is 17.6 Å². The Morgan fingerprint density at radius 1 is 1.43 bits per heavy atom. The molecule has 2 rings (SSSR count). The van der Waals surface area contributed by atoms with Gasteiger partial charge in [-0.15, -0.1) is 0 Å². The van der Waals surface area contributed by atoms with Gasteiger partial charge in [-0.05, 0) is 24.0 Å². The number of carbonyl (C=O) groups excluding carboxylic acids is 1. The van der Waals surface area contributed by atoms with Crippen LogP contribution in [0.4, 0.5) is 0 Å². The van der Waals surface area contributed by atoms with E-state index in [0.29, 0.717) is 26.1 Å². The molecule has 0 saturated carbocycles. The highest BCUT2D eigenvalue weighted by Crippen LogP contribution is 2.11. The second-order valence-electron chi connectivity index (χ2n) is 5.39. The van der Waals surface area contributed by atoms with Gasteiger partial charge in [-0.1, -0.05) is 31.2 Å². The zero-order valence-electron chi connectivity index (χ0n) is 12.5. The van der Waals surface area contributed by atoms with E-state index < -0.39 is 6.10 Å². The summed E-state index contributed by atoms with van der Waals surface area (Å²) in [7, 11) is 0. The first kappa shape index (κ1) is 15.9. The molecule has 1 heterocycles. The highest BCUT2D eigenvalue weighted by atomic mass is 16.5. The minimum Gasteiger partial charge on any atom is -0.392 e. The van der Waals surface area contributed by atoms with E-state index in [1.165, 1.54) is 0 Å². The van der Waals surface area contributed by atoms with Crippen molar-refractivity contribution in [2.45, 2.75) is 45.1 Å². The minimum absolute atomic E-state index is 0.0594. The van der Waals surface area contributed by atoms with Crippen LogP contribution in [0.25, 0.3) is 0 Å². The van der Waals surface area contributed by atoms with Gasteiger partial charge in [0.15, 0.2) is 0 Å². The van der Waals surface area contributed by atoms with Crippen LogP contribution in [0.2, 0.25) is 0 Å². The average molecular weight is 292 g/mol. The maximum Gasteiger partial charge on any atom is 0.237 e. The summed E-state index contributed by atoms with van der Waals surface area (Å²) in [5, 5.41) is 15.4. The van der Waals surface area contributed by atoms with Crippen LogP contribution in [0.5, 0.6) is 0 Å². The Bertz CT molecular complexity index is 465. The maximum absolute atomic E-state index is 12.0. The van der Waals surface area contributed by atoms with Crippen LogP contribution in [0.1, 0.15) is 30.9 Å². The molecule has 116 valence electrons. The van der Waals surface area contributed by atoms with Gasteiger partial charge >= 0.3 is 0 Å². The zero-order chi connectivity index (χ0) is 15.1. The van der Waals surface area contributed by atoms with Crippen molar-refractivity contribution >= 4 is 5.91 Å². The number of aliphatic hydroxyl groups is 1. The Morgan fingerprint density at radius 2 is 2.19 bits per heavy atom. The number of rotatable bonds is 7. The van der Waals surface area contributed by atoms with Crippen LogP contribution in [0, 0.1) is 0 Å². The van der Waals surface area contributed by atoms with E-state index in [-0.39, 0.29) is 11.9 Å². The summed E-state index contributed by atoms with van der Waals surface area (Å²) in [6, 6.07) is 7.67. The minimum atomic E-state index is -0.421. The number of nitrogens with one attached hydrogen (secondary N) is 2. The normalized spacial score (nSPS) is 21.4. The highest BCUT2D eigenvalue weighted by molar-refractivity contribution is 5.82. The first-order valence-corrected chi connectivity index (χ1v) is 7.54. The van der Waals surface area contributed by atoms with Crippen molar-refractivity contribution in [3.05, 3.63) is 35.4 Å². The lowest BCUT2D eigenvalue weighted by molar-refractivity contribution is -0.123. The number of hydrogen-bond donors (Lipinski definition) is 3. The molecule has 1 aromatic carbocycles. The molecule has 1 amide bonds. The van der Waals surface area contributed by atoms with Gasteiger partial charge in [0.2, 0.25) is 5.91 Å². The number of ether oxygens (including phenoxy) is 1. The fourth-order valence-electron chi connectivity index (χ4n) is 2.42. The summed E-state index contributed by atoms with van der Waals surface area (Å²) in [5.41, 5.74) is 2.17. The van der Waals surface area contributed by atoms with Gasteiger partial charge in [0.1, 0.15) is 0 Å². The van der Waals surface area contributed by atoms with E-state index in [0.717, 1.165) is 24.2 Å². The summed E-state index contributed by atoms with van der Waals surface area (Å²) in [6.07, 6.45) is 1.05.